The Labute approximate surface area is 199 Å². The molecule has 5 rings (SSSR count). The number of hydrogen-bond acceptors (Lipinski definition) is 6. The number of nitrogens with two attached hydrogens (primary N) is 1. The van der Waals surface area contributed by atoms with Crippen LogP contribution >= 0.6 is 12.2 Å². The predicted octanol–water partition coefficient (Wildman–Crippen LogP) is 4.28. The van der Waals surface area contributed by atoms with Crippen molar-refractivity contribution in [3.05, 3.63) is 123 Å². The molecule has 0 fully saturated rings. The van der Waals surface area contributed by atoms with E-state index in [2.05, 4.69) is 6.07 Å². The molecule has 3 N–H and O–H groups in total. The monoisotopic (exact) mass is 466 g/mol. The first-order valence-corrected chi connectivity index (χ1v) is 10.8. The summed E-state index contributed by atoms with van der Waals surface area (Å²) in [4.78, 5) is 14.0. The highest BCUT2D eigenvalue weighted by Gasteiger charge is 2.36. The van der Waals surface area contributed by atoms with E-state index in [0.717, 1.165) is 0 Å². The molecule has 7 nitrogen and oxygen atoms in total. The zero-order chi connectivity index (χ0) is 23.8. The molecule has 0 saturated carbocycles. The Kier molecular flexibility index (Phi) is 5.24. The Morgan fingerprint density at radius 1 is 0.912 bits per heavy atom. The summed E-state index contributed by atoms with van der Waals surface area (Å²) < 4.78 is 9.18. The van der Waals surface area contributed by atoms with Crippen molar-refractivity contribution in [1.82, 2.24) is 9.13 Å². The van der Waals surface area contributed by atoms with Crippen LogP contribution in [0.2, 0.25) is 0 Å². The van der Waals surface area contributed by atoms with Gasteiger partial charge in [-0.3, -0.25) is 13.9 Å². The number of hydrogen-bond donors (Lipinski definition) is 2. The molecule has 4 aromatic rings. The minimum Gasteiger partial charge on any atom is -0.508 e. The summed E-state index contributed by atoms with van der Waals surface area (Å²) in [6.45, 7) is 0. The van der Waals surface area contributed by atoms with Gasteiger partial charge >= 0.3 is 0 Å². The zero-order valence-electron chi connectivity index (χ0n) is 17.8. The molecular weight excluding hydrogens is 448 g/mol. The summed E-state index contributed by atoms with van der Waals surface area (Å²) in [6, 6.07) is 26.7. The van der Waals surface area contributed by atoms with Gasteiger partial charge in [0.2, 0.25) is 11.8 Å². The number of ether oxygens (including phenoxy) is 1. The number of para-hydroxylation sites is 2. The number of fused-ring (bicyclic) bond motifs is 1. The lowest BCUT2D eigenvalue weighted by molar-refractivity contribution is 0.361. The second-order valence-corrected chi connectivity index (χ2v) is 8.03. The third kappa shape index (κ3) is 3.36. The van der Waals surface area contributed by atoms with Crippen LogP contribution < -0.4 is 16.0 Å². The summed E-state index contributed by atoms with van der Waals surface area (Å²) >= 11 is 5.79. The van der Waals surface area contributed by atoms with E-state index in [1.165, 1.54) is 16.7 Å². The van der Waals surface area contributed by atoms with E-state index in [-0.39, 0.29) is 33.4 Å². The van der Waals surface area contributed by atoms with Crippen LogP contribution in [0.1, 0.15) is 17.0 Å². The second kappa shape index (κ2) is 8.39. The molecule has 0 radical (unpaired) electrons. The van der Waals surface area contributed by atoms with E-state index in [9.17, 15) is 15.2 Å². The Balaban J connectivity index is 1.94. The van der Waals surface area contributed by atoms with E-state index in [0.29, 0.717) is 16.9 Å². The Hall–Kier alpha value is -4.61. The first-order valence-electron chi connectivity index (χ1n) is 10.4. The fourth-order valence-corrected chi connectivity index (χ4v) is 4.51. The molecule has 1 aliphatic rings. The van der Waals surface area contributed by atoms with Crippen molar-refractivity contribution < 1.29 is 9.84 Å². The average Bonchev–Trinajstić information content (AvgIpc) is 2.85. The van der Waals surface area contributed by atoms with Crippen molar-refractivity contribution in [2.45, 2.75) is 5.92 Å². The largest absolute Gasteiger partial charge is 0.508 e. The number of nitriles is 1. The smallest absolute Gasteiger partial charge is 0.266 e. The number of allylic oxidation sites excluding steroid dienone is 1. The van der Waals surface area contributed by atoms with Gasteiger partial charge in [0.15, 0.2) is 4.77 Å². The minimum absolute atomic E-state index is 0.0634. The van der Waals surface area contributed by atoms with Gasteiger partial charge in [-0.05, 0) is 54.2 Å². The van der Waals surface area contributed by atoms with E-state index >= 15 is 0 Å². The SMILES string of the molecule is N#CC1=C(N)Oc2c(c(=O)n(-c3ccccc3)c(=S)n2-c2ccccc2)[C@@H]1c1ccc(O)cc1. The quantitative estimate of drug-likeness (QED) is 0.437. The average molecular weight is 467 g/mol. The van der Waals surface area contributed by atoms with Gasteiger partial charge < -0.3 is 15.6 Å². The van der Waals surface area contributed by atoms with Gasteiger partial charge in [0, 0.05) is 0 Å². The molecule has 8 heteroatoms. The van der Waals surface area contributed by atoms with Crippen molar-refractivity contribution in [2.24, 2.45) is 5.73 Å². The van der Waals surface area contributed by atoms with Crippen LogP contribution in [-0.2, 0) is 0 Å². The standard InChI is InChI=1S/C26H18N4O3S/c27-15-20-21(16-11-13-19(31)14-12-16)22-24(32)29(17-7-3-1-4-8-17)26(34)30(25(22)33-23(20)28)18-9-5-2-6-10-18/h1-14,21,31H,28H2/t21-/m1/s1. The molecule has 0 unspecified atom stereocenters. The van der Waals surface area contributed by atoms with Crippen molar-refractivity contribution >= 4 is 12.2 Å². The van der Waals surface area contributed by atoms with E-state index < -0.39 is 11.5 Å². The fraction of sp³-hybridized carbons (Fsp3) is 0.0385. The lowest BCUT2D eigenvalue weighted by Gasteiger charge is -2.29. The van der Waals surface area contributed by atoms with Crippen LogP contribution in [0.3, 0.4) is 0 Å². The lowest BCUT2D eigenvalue weighted by Crippen LogP contribution is -2.34. The highest BCUT2D eigenvalue weighted by Crippen LogP contribution is 2.41. The molecule has 0 amide bonds. The number of benzene rings is 3. The first kappa shape index (κ1) is 21.2. The van der Waals surface area contributed by atoms with Gasteiger partial charge in [-0.15, -0.1) is 0 Å². The van der Waals surface area contributed by atoms with Gasteiger partial charge in [0.1, 0.15) is 17.4 Å². The van der Waals surface area contributed by atoms with E-state index in [1.807, 2.05) is 48.5 Å². The minimum atomic E-state index is -0.817. The molecule has 166 valence electrons. The predicted molar refractivity (Wildman–Crippen MR) is 130 cm³/mol. The fourth-order valence-electron chi connectivity index (χ4n) is 4.13. The molecule has 3 aromatic carbocycles. The molecule has 1 aromatic heterocycles. The maximum absolute atomic E-state index is 14.0. The number of phenols is 1. The van der Waals surface area contributed by atoms with Crippen LogP contribution in [0.4, 0.5) is 0 Å². The summed E-state index contributed by atoms with van der Waals surface area (Å²) in [5, 5.41) is 19.7. The van der Waals surface area contributed by atoms with Crippen molar-refractivity contribution in [1.29, 1.82) is 5.26 Å². The van der Waals surface area contributed by atoms with Crippen LogP contribution in [0, 0.1) is 16.1 Å². The molecular formula is C26H18N4O3S. The summed E-state index contributed by atoms with van der Waals surface area (Å²) in [5.74, 6) is -0.706. The second-order valence-electron chi connectivity index (χ2n) is 7.66. The Morgan fingerprint density at radius 3 is 2.03 bits per heavy atom. The van der Waals surface area contributed by atoms with Gasteiger partial charge in [-0.1, -0.05) is 48.5 Å². The van der Waals surface area contributed by atoms with Crippen LogP contribution in [0.15, 0.2) is 101 Å². The summed E-state index contributed by atoms with van der Waals surface area (Å²) in [7, 11) is 0. The molecule has 0 saturated heterocycles. The molecule has 34 heavy (non-hydrogen) atoms. The Morgan fingerprint density at radius 2 is 1.47 bits per heavy atom. The van der Waals surface area contributed by atoms with Crippen molar-refractivity contribution in [3.8, 4) is 29.1 Å². The molecule has 1 aliphatic heterocycles. The summed E-state index contributed by atoms with van der Waals surface area (Å²) in [5.41, 5.74) is 7.95. The van der Waals surface area contributed by atoms with Crippen LogP contribution in [0.25, 0.3) is 11.4 Å². The van der Waals surface area contributed by atoms with Crippen LogP contribution in [0.5, 0.6) is 11.6 Å². The highest BCUT2D eigenvalue weighted by molar-refractivity contribution is 7.71. The van der Waals surface area contributed by atoms with E-state index in [4.69, 9.17) is 22.7 Å². The van der Waals surface area contributed by atoms with Crippen LogP contribution in [-0.4, -0.2) is 14.2 Å². The lowest BCUT2D eigenvalue weighted by atomic mass is 9.85. The number of phenolic OH excluding ortho intramolecular Hbond substituents is 1. The third-order valence-electron chi connectivity index (χ3n) is 5.67. The molecule has 1 atom stereocenters. The van der Waals surface area contributed by atoms with E-state index in [1.54, 1.807) is 28.8 Å². The van der Waals surface area contributed by atoms with Gasteiger partial charge in [0.05, 0.1) is 22.9 Å². The highest BCUT2D eigenvalue weighted by atomic mass is 32.1. The zero-order valence-corrected chi connectivity index (χ0v) is 18.6. The first-order chi connectivity index (χ1) is 16.5. The van der Waals surface area contributed by atoms with Gasteiger partial charge in [-0.2, -0.15) is 5.26 Å². The van der Waals surface area contributed by atoms with Crippen molar-refractivity contribution in [2.75, 3.05) is 0 Å². The summed E-state index contributed by atoms with van der Waals surface area (Å²) in [6.07, 6.45) is 0. The molecule has 0 spiro atoms. The third-order valence-corrected chi connectivity index (χ3v) is 6.04. The maximum atomic E-state index is 14.0. The molecule has 0 aliphatic carbocycles. The number of nitrogens with zero attached hydrogens (tertiary/aromatic N) is 3. The number of rotatable bonds is 3. The van der Waals surface area contributed by atoms with Gasteiger partial charge in [-0.25, -0.2) is 0 Å². The maximum Gasteiger partial charge on any atom is 0.266 e. The van der Waals surface area contributed by atoms with Gasteiger partial charge in [0.25, 0.3) is 5.56 Å². The Bertz CT molecular complexity index is 1580. The number of aromatic nitrogens is 2. The van der Waals surface area contributed by atoms with Crippen molar-refractivity contribution in [3.63, 3.8) is 0 Å². The normalized spacial score (nSPS) is 14.7. The topological polar surface area (TPSA) is 106 Å². The molecule has 2 heterocycles. The molecule has 0 bridgehead atoms. The number of aromatic hydroxyl groups is 1.